The summed E-state index contributed by atoms with van der Waals surface area (Å²) in [6, 6.07) is 11.2. The number of halogens is 4. The van der Waals surface area contributed by atoms with E-state index in [1.54, 1.807) is 6.07 Å². The molecule has 0 spiro atoms. The van der Waals surface area contributed by atoms with Gasteiger partial charge in [0.1, 0.15) is 0 Å². The summed E-state index contributed by atoms with van der Waals surface area (Å²) in [5.41, 5.74) is 8.22. The lowest BCUT2D eigenvalue weighted by Crippen LogP contribution is -2.25. The molecule has 1 unspecified atom stereocenters. The monoisotopic (exact) mass is 391 g/mol. The minimum absolute atomic E-state index is 0.0487. The minimum Gasteiger partial charge on any atom is -0.327 e. The SMILES string of the molecule is NC(Cc1ccc(Cl)cc1Cl)Cc1ccc(Br)cc1Cl. The van der Waals surface area contributed by atoms with E-state index in [1.165, 1.54) is 0 Å². The van der Waals surface area contributed by atoms with Gasteiger partial charge in [0.2, 0.25) is 0 Å². The van der Waals surface area contributed by atoms with Crippen LogP contribution in [0.4, 0.5) is 0 Å². The maximum absolute atomic E-state index is 6.20. The Bertz CT molecular complexity index is 563. The van der Waals surface area contributed by atoms with Gasteiger partial charge in [-0.3, -0.25) is 0 Å². The molecule has 0 radical (unpaired) electrons. The molecule has 0 aliphatic rings. The Balaban J connectivity index is 2.07. The molecule has 2 aromatic rings. The second kappa shape index (κ2) is 7.15. The smallest absolute Gasteiger partial charge is 0.0453 e. The first-order chi connectivity index (χ1) is 9.45. The predicted molar refractivity (Wildman–Crippen MR) is 91.0 cm³/mol. The number of benzene rings is 2. The Morgan fingerprint density at radius 2 is 1.45 bits per heavy atom. The topological polar surface area (TPSA) is 26.0 Å². The normalized spacial score (nSPS) is 12.4. The molecule has 0 heterocycles. The maximum Gasteiger partial charge on any atom is 0.0453 e. The van der Waals surface area contributed by atoms with Crippen LogP contribution in [0, 0.1) is 0 Å². The highest BCUT2D eigenvalue weighted by Gasteiger charge is 2.11. The van der Waals surface area contributed by atoms with Crippen molar-refractivity contribution in [2.45, 2.75) is 18.9 Å². The van der Waals surface area contributed by atoms with Crippen molar-refractivity contribution in [1.82, 2.24) is 0 Å². The Morgan fingerprint density at radius 3 is 2.00 bits per heavy atom. The van der Waals surface area contributed by atoms with Crippen LogP contribution < -0.4 is 5.73 Å². The summed E-state index contributed by atoms with van der Waals surface area (Å²) in [7, 11) is 0. The summed E-state index contributed by atoms with van der Waals surface area (Å²) in [6.07, 6.45) is 1.38. The molecule has 0 fully saturated rings. The van der Waals surface area contributed by atoms with Crippen molar-refractivity contribution in [2.24, 2.45) is 5.73 Å². The highest BCUT2D eigenvalue weighted by molar-refractivity contribution is 9.10. The van der Waals surface area contributed by atoms with Crippen molar-refractivity contribution >= 4 is 50.7 Å². The molecule has 0 saturated carbocycles. The van der Waals surface area contributed by atoms with Crippen molar-refractivity contribution in [3.05, 3.63) is 67.1 Å². The molecular formula is C15H13BrCl3N. The largest absolute Gasteiger partial charge is 0.327 e. The van der Waals surface area contributed by atoms with E-state index in [2.05, 4.69) is 15.9 Å². The number of hydrogen-bond donors (Lipinski definition) is 1. The summed E-state index contributed by atoms with van der Waals surface area (Å²) >= 11 is 21.6. The van der Waals surface area contributed by atoms with Gasteiger partial charge in [-0.05, 0) is 48.2 Å². The van der Waals surface area contributed by atoms with Gasteiger partial charge in [-0.25, -0.2) is 0 Å². The molecule has 0 saturated heterocycles. The fourth-order valence-electron chi connectivity index (χ4n) is 2.01. The molecular weight excluding hydrogens is 380 g/mol. The van der Waals surface area contributed by atoms with Crippen LogP contribution in [0.15, 0.2) is 40.9 Å². The van der Waals surface area contributed by atoms with Crippen LogP contribution in [0.3, 0.4) is 0 Å². The number of rotatable bonds is 4. The van der Waals surface area contributed by atoms with Crippen molar-refractivity contribution in [3.8, 4) is 0 Å². The van der Waals surface area contributed by atoms with Gasteiger partial charge in [0.25, 0.3) is 0 Å². The van der Waals surface area contributed by atoms with Crippen molar-refractivity contribution in [1.29, 1.82) is 0 Å². The molecule has 1 nitrogen and oxygen atoms in total. The zero-order chi connectivity index (χ0) is 14.7. The minimum atomic E-state index is -0.0487. The molecule has 1 atom stereocenters. The van der Waals surface area contributed by atoms with Crippen LogP contribution >= 0.6 is 50.7 Å². The lowest BCUT2D eigenvalue weighted by Gasteiger charge is -2.14. The average molecular weight is 394 g/mol. The molecule has 0 aliphatic carbocycles. The van der Waals surface area contributed by atoms with Gasteiger partial charge in [-0.2, -0.15) is 0 Å². The molecule has 20 heavy (non-hydrogen) atoms. The fourth-order valence-corrected chi connectivity index (χ4v) is 3.25. The van der Waals surface area contributed by atoms with E-state index in [1.807, 2.05) is 30.3 Å². The van der Waals surface area contributed by atoms with Crippen LogP contribution in [0.5, 0.6) is 0 Å². The van der Waals surface area contributed by atoms with E-state index >= 15 is 0 Å². The van der Waals surface area contributed by atoms with Crippen molar-refractivity contribution in [3.63, 3.8) is 0 Å². The van der Waals surface area contributed by atoms with Gasteiger partial charge in [0.15, 0.2) is 0 Å². The van der Waals surface area contributed by atoms with Crippen molar-refractivity contribution in [2.75, 3.05) is 0 Å². The quantitative estimate of drug-likeness (QED) is 0.727. The Kier molecular flexibility index (Phi) is 5.76. The van der Waals surface area contributed by atoms with Crippen LogP contribution in [-0.4, -0.2) is 6.04 Å². The molecule has 106 valence electrons. The number of hydrogen-bond acceptors (Lipinski definition) is 1. The highest BCUT2D eigenvalue weighted by atomic mass is 79.9. The third kappa shape index (κ3) is 4.37. The third-order valence-corrected chi connectivity index (χ3v) is 4.43. The summed E-state index contributed by atoms with van der Waals surface area (Å²) in [5.74, 6) is 0. The Hall–Kier alpha value is -0.250. The van der Waals surface area contributed by atoms with Gasteiger partial charge < -0.3 is 5.73 Å². The van der Waals surface area contributed by atoms with Gasteiger partial charge in [-0.15, -0.1) is 0 Å². The highest BCUT2D eigenvalue weighted by Crippen LogP contribution is 2.25. The van der Waals surface area contributed by atoms with Gasteiger partial charge in [0, 0.05) is 25.6 Å². The van der Waals surface area contributed by atoms with Gasteiger partial charge in [0.05, 0.1) is 0 Å². The lowest BCUT2D eigenvalue weighted by atomic mass is 10.00. The van der Waals surface area contributed by atoms with Crippen LogP contribution in [-0.2, 0) is 12.8 Å². The Labute approximate surface area is 142 Å². The molecule has 2 N–H and O–H groups in total. The summed E-state index contributed by atoms with van der Waals surface area (Å²) in [5, 5.41) is 2.00. The molecule has 5 heteroatoms. The van der Waals surface area contributed by atoms with Gasteiger partial charge >= 0.3 is 0 Å². The van der Waals surface area contributed by atoms with E-state index in [-0.39, 0.29) is 6.04 Å². The second-order valence-electron chi connectivity index (χ2n) is 4.64. The van der Waals surface area contributed by atoms with E-state index < -0.39 is 0 Å². The van der Waals surface area contributed by atoms with E-state index in [9.17, 15) is 0 Å². The first kappa shape index (κ1) is 16.1. The zero-order valence-electron chi connectivity index (χ0n) is 10.5. The Morgan fingerprint density at radius 1 is 0.900 bits per heavy atom. The van der Waals surface area contributed by atoms with Crippen molar-refractivity contribution < 1.29 is 0 Å². The maximum atomic E-state index is 6.20. The summed E-state index contributed by atoms with van der Waals surface area (Å²) in [6.45, 7) is 0. The van der Waals surface area contributed by atoms with Gasteiger partial charge in [-0.1, -0.05) is 62.9 Å². The van der Waals surface area contributed by atoms with Crippen LogP contribution in [0.1, 0.15) is 11.1 Å². The zero-order valence-corrected chi connectivity index (χ0v) is 14.4. The van der Waals surface area contributed by atoms with Crippen LogP contribution in [0.25, 0.3) is 0 Å². The summed E-state index contributed by atoms with van der Waals surface area (Å²) < 4.78 is 0.959. The third-order valence-electron chi connectivity index (χ3n) is 2.99. The number of nitrogens with two attached hydrogens (primary N) is 1. The molecule has 0 bridgehead atoms. The summed E-state index contributed by atoms with van der Waals surface area (Å²) in [4.78, 5) is 0. The standard InChI is InChI=1S/C15H13BrCl3N/c16-11-3-1-9(14(18)7-11)5-13(20)6-10-2-4-12(17)8-15(10)19/h1-4,7-8,13H,5-6,20H2. The molecule has 2 rings (SSSR count). The molecule has 2 aromatic carbocycles. The first-order valence-electron chi connectivity index (χ1n) is 6.09. The second-order valence-corrected chi connectivity index (χ2v) is 6.81. The van der Waals surface area contributed by atoms with Crippen LogP contribution in [0.2, 0.25) is 15.1 Å². The molecule has 0 aromatic heterocycles. The lowest BCUT2D eigenvalue weighted by molar-refractivity contribution is 0.665. The fraction of sp³-hybridized carbons (Fsp3) is 0.200. The first-order valence-corrected chi connectivity index (χ1v) is 8.02. The van der Waals surface area contributed by atoms with E-state index in [4.69, 9.17) is 40.5 Å². The molecule has 0 amide bonds. The average Bonchev–Trinajstić information content (AvgIpc) is 2.36. The van der Waals surface area contributed by atoms with E-state index in [0.29, 0.717) is 22.9 Å². The molecule has 0 aliphatic heterocycles. The van der Waals surface area contributed by atoms with E-state index in [0.717, 1.165) is 20.6 Å². The predicted octanol–water partition coefficient (Wildman–Crippen LogP) is 5.52.